The van der Waals surface area contributed by atoms with Gasteiger partial charge in [0.05, 0.1) is 37.2 Å². The van der Waals surface area contributed by atoms with Crippen molar-refractivity contribution in [1.82, 2.24) is 15.2 Å². The summed E-state index contributed by atoms with van der Waals surface area (Å²) in [4.78, 5) is 48.8. The first-order chi connectivity index (χ1) is 20.3. The van der Waals surface area contributed by atoms with E-state index in [4.69, 9.17) is 14.2 Å². The Morgan fingerprint density at radius 1 is 1.12 bits per heavy atom. The van der Waals surface area contributed by atoms with Gasteiger partial charge in [0.25, 0.3) is 0 Å². The number of aliphatic hydroxyl groups excluding tert-OH is 1. The summed E-state index contributed by atoms with van der Waals surface area (Å²) in [5, 5.41) is 14.7. The molecule has 0 bridgehead atoms. The minimum atomic E-state index is -1.32. The molecule has 0 unspecified atom stereocenters. The van der Waals surface area contributed by atoms with Crippen LogP contribution in [0.4, 0.5) is 10.6 Å². The van der Waals surface area contributed by atoms with Gasteiger partial charge < -0.3 is 29.5 Å². The van der Waals surface area contributed by atoms with Crippen molar-refractivity contribution in [3.05, 3.63) is 17.8 Å². The number of rotatable bonds is 13. The number of hydrogen-bond acceptors (Lipinski definition) is 8. The van der Waals surface area contributed by atoms with Crippen LogP contribution in [-0.2, 0) is 25.5 Å². The summed E-state index contributed by atoms with van der Waals surface area (Å²) in [5.74, 6) is -1.51. The van der Waals surface area contributed by atoms with Crippen LogP contribution in [0.25, 0.3) is 0 Å². The number of hydrogen-bond donors (Lipinski definition) is 2. The van der Waals surface area contributed by atoms with Crippen molar-refractivity contribution < 1.29 is 33.7 Å². The van der Waals surface area contributed by atoms with Crippen LogP contribution < -0.4 is 15.0 Å². The van der Waals surface area contributed by atoms with Gasteiger partial charge in [-0.1, -0.05) is 20.8 Å². The maximum absolute atomic E-state index is 14.3. The van der Waals surface area contributed by atoms with Crippen molar-refractivity contribution >= 4 is 23.7 Å². The third-order valence-electron chi connectivity index (χ3n) is 7.60. The molecule has 1 aliphatic carbocycles. The molecular weight excluding hydrogens is 552 g/mol. The average molecular weight is 605 g/mol. The number of pyridine rings is 1. The molecule has 2 aliphatic rings. The molecule has 1 aliphatic heterocycles. The van der Waals surface area contributed by atoms with Crippen molar-refractivity contribution in [2.75, 3.05) is 37.8 Å². The Morgan fingerprint density at radius 3 is 2.35 bits per heavy atom. The Labute approximate surface area is 256 Å². The quantitative estimate of drug-likeness (QED) is 0.346. The van der Waals surface area contributed by atoms with Gasteiger partial charge in [-0.3, -0.25) is 14.5 Å². The second-order valence-corrected chi connectivity index (χ2v) is 13.0. The zero-order chi connectivity index (χ0) is 31.9. The molecule has 3 amide bonds. The van der Waals surface area contributed by atoms with E-state index >= 15 is 0 Å². The number of amides is 3. The molecule has 0 spiro atoms. The van der Waals surface area contributed by atoms with Gasteiger partial charge >= 0.3 is 6.09 Å². The van der Waals surface area contributed by atoms with Crippen LogP contribution in [0.2, 0.25) is 0 Å². The molecular formula is C32H52N4O7. The number of ether oxygens (including phenoxy) is 3. The topological polar surface area (TPSA) is 131 Å². The lowest BCUT2D eigenvalue weighted by Crippen LogP contribution is -2.61. The van der Waals surface area contributed by atoms with E-state index in [-0.39, 0.29) is 31.1 Å². The molecule has 2 heterocycles. The number of carbonyl (C=O) groups excluding carboxylic acids is 3. The van der Waals surface area contributed by atoms with Gasteiger partial charge in [0.15, 0.2) is 0 Å². The maximum atomic E-state index is 14.3. The van der Waals surface area contributed by atoms with Gasteiger partial charge in [-0.05, 0) is 66.2 Å². The van der Waals surface area contributed by atoms with E-state index in [0.717, 1.165) is 24.8 Å². The Morgan fingerprint density at radius 2 is 1.79 bits per heavy atom. The number of carbonyl (C=O) groups is 3. The fourth-order valence-corrected chi connectivity index (χ4v) is 5.42. The maximum Gasteiger partial charge on any atom is 0.410 e. The molecule has 2 N–H and O–H groups in total. The number of aromatic nitrogens is 1. The lowest BCUT2D eigenvalue weighted by Gasteiger charge is -2.42. The number of piperidine rings is 1. The van der Waals surface area contributed by atoms with Crippen LogP contribution in [0.15, 0.2) is 12.3 Å². The second kappa shape index (κ2) is 15.2. The Bertz CT molecular complexity index is 1100. The summed E-state index contributed by atoms with van der Waals surface area (Å²) >= 11 is 0. The monoisotopic (exact) mass is 604 g/mol. The van der Waals surface area contributed by atoms with Crippen molar-refractivity contribution in [1.29, 1.82) is 0 Å². The van der Waals surface area contributed by atoms with Crippen molar-refractivity contribution in [2.24, 2.45) is 17.8 Å². The van der Waals surface area contributed by atoms with Crippen molar-refractivity contribution in [3.8, 4) is 5.75 Å². The van der Waals surface area contributed by atoms with Crippen LogP contribution in [0.3, 0.4) is 0 Å². The van der Waals surface area contributed by atoms with E-state index in [2.05, 4.69) is 24.1 Å². The molecule has 1 aromatic heterocycles. The summed E-state index contributed by atoms with van der Waals surface area (Å²) in [7, 11) is 0. The molecule has 0 aromatic carbocycles. The highest BCUT2D eigenvalue weighted by atomic mass is 16.6. The molecule has 4 atom stereocenters. The average Bonchev–Trinajstić information content (AvgIpc) is 3.76. The van der Waals surface area contributed by atoms with E-state index in [1.165, 1.54) is 4.90 Å². The van der Waals surface area contributed by atoms with Crippen LogP contribution in [-0.4, -0.2) is 89.6 Å². The smallest absolute Gasteiger partial charge is 0.410 e. The van der Waals surface area contributed by atoms with Gasteiger partial charge in [-0.15, -0.1) is 0 Å². The molecule has 1 saturated heterocycles. The van der Waals surface area contributed by atoms with Crippen LogP contribution >= 0.6 is 0 Å². The zero-order valence-corrected chi connectivity index (χ0v) is 27.2. The minimum Gasteiger partial charge on any atom is -0.493 e. The van der Waals surface area contributed by atoms with Crippen LogP contribution in [0.5, 0.6) is 5.75 Å². The molecule has 1 saturated carbocycles. The molecule has 43 heavy (non-hydrogen) atoms. The Kier molecular flexibility index (Phi) is 12.2. The van der Waals surface area contributed by atoms with Crippen molar-refractivity contribution in [3.63, 3.8) is 0 Å². The number of anilines is 1. The minimum absolute atomic E-state index is 0.0733. The highest BCUT2D eigenvalue weighted by Crippen LogP contribution is 2.36. The summed E-state index contributed by atoms with van der Waals surface area (Å²) in [6.45, 7) is 16.4. The predicted octanol–water partition coefficient (Wildman–Crippen LogP) is 3.95. The standard InChI is InChI=1S/C32H52N4O7/c1-9-21-16-33-27(15-26(21)42-11-3)36(23-12-13-23)30(39)25-18-35(31(40)43-32(6,7)8)17-24(28(25)37)29(38)34-22(14-20(4)5)19-41-10-2/h15-16,20,22-25,28,37H,9-14,17-19H2,1-8H3,(H,34,38)/t22-,24-,25+,28-/m1/s1. The van der Waals surface area contributed by atoms with Crippen LogP contribution in [0, 0.1) is 17.8 Å². The van der Waals surface area contributed by atoms with E-state index < -0.39 is 35.5 Å². The van der Waals surface area contributed by atoms with E-state index in [0.29, 0.717) is 43.7 Å². The molecule has 1 aromatic rings. The fourth-order valence-electron chi connectivity index (χ4n) is 5.42. The Hall–Kier alpha value is -2.92. The zero-order valence-electron chi connectivity index (χ0n) is 27.2. The normalized spacial score (nSPS) is 21.3. The number of nitrogens with zero attached hydrogens (tertiary/aromatic N) is 3. The van der Waals surface area contributed by atoms with Gasteiger partial charge in [0, 0.05) is 43.6 Å². The highest BCUT2D eigenvalue weighted by Gasteiger charge is 2.49. The lowest BCUT2D eigenvalue weighted by atomic mass is 9.84. The van der Waals surface area contributed by atoms with Crippen molar-refractivity contribution in [2.45, 2.75) is 105 Å². The molecule has 11 nitrogen and oxygen atoms in total. The number of nitrogens with one attached hydrogen (secondary N) is 1. The largest absolute Gasteiger partial charge is 0.493 e. The SMILES string of the molecule is CCOC[C@@H](CC(C)C)NC(=O)[C@@H]1CN(C(=O)OC(C)(C)C)C[C@H](C(=O)N(c2cc(OCC)c(CC)cn2)C2CC2)[C@@H]1O. The molecule has 11 heteroatoms. The van der Waals surface area contributed by atoms with E-state index in [1.54, 1.807) is 37.9 Å². The highest BCUT2D eigenvalue weighted by molar-refractivity contribution is 5.97. The molecule has 242 valence electrons. The van der Waals surface area contributed by atoms with Gasteiger partial charge in [0.1, 0.15) is 17.2 Å². The summed E-state index contributed by atoms with van der Waals surface area (Å²) in [6.07, 6.45) is 2.77. The fraction of sp³-hybridized carbons (Fsp3) is 0.750. The van der Waals surface area contributed by atoms with Gasteiger partial charge in [-0.25, -0.2) is 9.78 Å². The third-order valence-corrected chi connectivity index (χ3v) is 7.60. The second-order valence-electron chi connectivity index (χ2n) is 13.0. The number of aryl methyl sites for hydroxylation is 1. The lowest BCUT2D eigenvalue weighted by molar-refractivity contribution is -0.141. The first-order valence-corrected chi connectivity index (χ1v) is 15.8. The summed E-state index contributed by atoms with van der Waals surface area (Å²) in [5.41, 5.74) is 0.160. The number of likely N-dealkylation sites (tertiary alicyclic amines) is 1. The van der Waals surface area contributed by atoms with E-state index in [9.17, 15) is 19.5 Å². The summed E-state index contributed by atoms with van der Waals surface area (Å²) < 4.78 is 17.1. The first kappa shape index (κ1) is 34.6. The van der Waals surface area contributed by atoms with E-state index in [1.807, 2.05) is 20.8 Å². The first-order valence-electron chi connectivity index (χ1n) is 15.8. The third kappa shape index (κ3) is 9.53. The van der Waals surface area contributed by atoms with Crippen LogP contribution in [0.1, 0.15) is 80.2 Å². The van der Waals surface area contributed by atoms with Gasteiger partial charge in [-0.2, -0.15) is 0 Å². The Balaban J connectivity index is 1.94. The summed E-state index contributed by atoms with van der Waals surface area (Å²) in [6, 6.07) is 1.42. The van der Waals surface area contributed by atoms with Gasteiger partial charge in [0.2, 0.25) is 11.8 Å². The molecule has 0 radical (unpaired) electrons. The molecule has 2 fully saturated rings. The number of aliphatic hydroxyl groups is 1. The molecule has 3 rings (SSSR count). The predicted molar refractivity (Wildman–Crippen MR) is 164 cm³/mol.